The van der Waals surface area contributed by atoms with E-state index in [-0.39, 0.29) is 12.1 Å². The summed E-state index contributed by atoms with van der Waals surface area (Å²) in [4.78, 5) is 41.3. The van der Waals surface area contributed by atoms with Crippen LogP contribution >= 0.6 is 0 Å². The number of anilines is 1. The van der Waals surface area contributed by atoms with Gasteiger partial charge in [-0.3, -0.25) is 9.78 Å². The number of primary amides is 1. The molecule has 13 heteroatoms. The second kappa shape index (κ2) is 9.32. The average molecular weight is 493 g/mol. The smallest absolute Gasteiger partial charge is 0.341 e. The van der Waals surface area contributed by atoms with E-state index in [1.54, 1.807) is 41.9 Å². The van der Waals surface area contributed by atoms with Gasteiger partial charge < -0.3 is 15.5 Å². The third-order valence-corrected chi connectivity index (χ3v) is 6.40. The first kappa shape index (κ1) is 23.3. The van der Waals surface area contributed by atoms with Gasteiger partial charge in [0.1, 0.15) is 18.0 Å². The Morgan fingerprint density at radius 1 is 1.06 bits per heavy atom. The molecule has 0 spiro atoms. The second-order valence-corrected chi connectivity index (χ2v) is 8.64. The van der Waals surface area contributed by atoms with Crippen LogP contribution in [0.4, 0.5) is 15.0 Å². The van der Waals surface area contributed by atoms with E-state index < -0.39 is 11.7 Å². The number of halogens is 1. The summed E-state index contributed by atoms with van der Waals surface area (Å²) >= 11 is 0. The minimum absolute atomic E-state index is 0.234. The maximum atomic E-state index is 13.7. The van der Waals surface area contributed by atoms with Crippen molar-refractivity contribution in [2.45, 2.75) is 26.3 Å². The lowest BCUT2D eigenvalue weighted by atomic mass is 10.1. The maximum absolute atomic E-state index is 13.7. The lowest BCUT2D eigenvalue weighted by molar-refractivity contribution is 0.0999. The third-order valence-electron chi connectivity index (χ3n) is 6.40. The highest BCUT2D eigenvalue weighted by molar-refractivity contribution is 5.95. The lowest BCUT2D eigenvalue weighted by Crippen LogP contribution is -2.52. The summed E-state index contributed by atoms with van der Waals surface area (Å²) in [5.74, 6) is 0.216. The van der Waals surface area contributed by atoms with Crippen LogP contribution in [0.2, 0.25) is 0 Å². The van der Waals surface area contributed by atoms with Gasteiger partial charge in [0.25, 0.3) is 5.91 Å². The molecule has 0 radical (unpaired) electrons. The van der Waals surface area contributed by atoms with Crippen LogP contribution in [0, 0.1) is 19.7 Å². The summed E-state index contributed by atoms with van der Waals surface area (Å²) in [5, 5.41) is 10.0. The van der Waals surface area contributed by atoms with Crippen molar-refractivity contribution in [2.75, 3.05) is 31.1 Å². The van der Waals surface area contributed by atoms with Crippen molar-refractivity contribution in [2.24, 2.45) is 10.8 Å². The molecule has 5 heterocycles. The number of aromatic nitrogens is 5. The van der Waals surface area contributed by atoms with Crippen molar-refractivity contribution in [3.8, 4) is 5.82 Å². The summed E-state index contributed by atoms with van der Waals surface area (Å²) in [6, 6.07) is 2.56. The summed E-state index contributed by atoms with van der Waals surface area (Å²) < 4.78 is 15.2. The first-order chi connectivity index (χ1) is 17.3. The Morgan fingerprint density at radius 3 is 2.50 bits per heavy atom. The van der Waals surface area contributed by atoms with Crippen molar-refractivity contribution in [1.29, 1.82) is 0 Å². The molecule has 3 aromatic heterocycles. The fraction of sp³-hybridized carbons (Fsp3) is 0.348. The number of rotatable bonds is 4. The maximum Gasteiger partial charge on any atom is 0.341 e. The van der Waals surface area contributed by atoms with E-state index in [0.29, 0.717) is 66.8 Å². The fourth-order valence-electron chi connectivity index (χ4n) is 4.61. The molecule has 0 aromatic carbocycles. The van der Waals surface area contributed by atoms with Gasteiger partial charge in [0, 0.05) is 51.1 Å². The van der Waals surface area contributed by atoms with Gasteiger partial charge in [-0.1, -0.05) is 0 Å². The largest absolute Gasteiger partial charge is 0.365 e. The molecule has 2 aliphatic heterocycles. The number of aryl methyl sites for hydroxylation is 1. The average Bonchev–Trinajstić information content (AvgIpc) is 3.48. The van der Waals surface area contributed by atoms with Crippen molar-refractivity contribution < 1.29 is 14.0 Å². The normalized spacial score (nSPS) is 17.6. The summed E-state index contributed by atoms with van der Waals surface area (Å²) in [7, 11) is 0. The first-order valence-corrected chi connectivity index (χ1v) is 11.5. The molecule has 0 saturated carbocycles. The predicted molar refractivity (Wildman–Crippen MR) is 128 cm³/mol. The molecule has 0 aliphatic carbocycles. The molecule has 12 nitrogen and oxygen atoms in total. The first-order valence-electron chi connectivity index (χ1n) is 11.5. The van der Waals surface area contributed by atoms with E-state index in [4.69, 9.17) is 5.73 Å². The molecular formula is C23H25FN10O2. The monoisotopic (exact) mass is 492 g/mol. The van der Waals surface area contributed by atoms with E-state index in [9.17, 15) is 14.0 Å². The number of hydrogen-bond donors (Lipinski definition) is 1. The Morgan fingerprint density at radius 2 is 1.81 bits per heavy atom. The Kier molecular flexibility index (Phi) is 6.04. The number of piperazine rings is 1. The minimum atomic E-state index is -0.537. The van der Waals surface area contributed by atoms with E-state index in [0.717, 1.165) is 6.20 Å². The second-order valence-electron chi connectivity index (χ2n) is 8.64. The molecule has 186 valence electrons. The van der Waals surface area contributed by atoms with Crippen LogP contribution in [0.25, 0.3) is 5.82 Å². The zero-order chi connectivity index (χ0) is 25.4. The zero-order valence-corrected chi connectivity index (χ0v) is 19.9. The fourth-order valence-corrected chi connectivity index (χ4v) is 4.61. The van der Waals surface area contributed by atoms with Crippen molar-refractivity contribution in [1.82, 2.24) is 34.6 Å². The van der Waals surface area contributed by atoms with E-state index >= 15 is 0 Å². The predicted octanol–water partition coefficient (Wildman–Crippen LogP) is 1.59. The molecule has 0 unspecified atom stereocenters. The van der Waals surface area contributed by atoms with Crippen molar-refractivity contribution >= 4 is 24.0 Å². The van der Waals surface area contributed by atoms with Crippen LogP contribution in [0.1, 0.15) is 39.8 Å². The van der Waals surface area contributed by atoms with Crippen LogP contribution in [0.15, 0.2) is 36.0 Å². The highest BCUT2D eigenvalue weighted by Gasteiger charge is 2.33. The van der Waals surface area contributed by atoms with Crippen molar-refractivity contribution in [3.05, 3.63) is 59.2 Å². The zero-order valence-electron chi connectivity index (χ0n) is 19.9. The summed E-state index contributed by atoms with van der Waals surface area (Å²) in [5.41, 5.74) is 7.61. The molecule has 0 bridgehead atoms. The van der Waals surface area contributed by atoms with Crippen molar-refractivity contribution in [3.63, 3.8) is 0 Å². The number of urea groups is 1. The van der Waals surface area contributed by atoms with Gasteiger partial charge in [-0.2, -0.15) is 10.2 Å². The summed E-state index contributed by atoms with van der Waals surface area (Å²) in [6.45, 7) is 5.52. The number of hydrazone groups is 1. The van der Waals surface area contributed by atoms with Gasteiger partial charge in [0.05, 0.1) is 29.2 Å². The Balaban J connectivity index is 1.27. The molecule has 1 saturated heterocycles. The molecule has 5 rings (SSSR count). The van der Waals surface area contributed by atoms with E-state index in [1.165, 1.54) is 17.4 Å². The van der Waals surface area contributed by atoms with Gasteiger partial charge in [0.2, 0.25) is 0 Å². The number of nitrogens with zero attached hydrogens (tertiary/aromatic N) is 9. The number of amides is 3. The Hall–Kier alpha value is -4.42. The van der Waals surface area contributed by atoms with E-state index in [2.05, 4.69) is 30.1 Å². The Bertz CT molecular complexity index is 1350. The number of carbonyl (C=O) groups is 2. The number of hydrogen-bond acceptors (Lipinski definition) is 8. The van der Waals surface area contributed by atoms with Crippen LogP contribution < -0.4 is 10.6 Å². The van der Waals surface area contributed by atoms with Gasteiger partial charge in [-0.05, 0) is 25.5 Å². The highest BCUT2D eigenvalue weighted by atomic mass is 19.1. The molecule has 36 heavy (non-hydrogen) atoms. The SMILES string of the molecule is Cc1nn(-c2cc(N3CCN(C(=O)N4N=CC[C@H]4c4cncc(F)c4)CC3)ncn2)c(C)c1C(N)=O. The van der Waals surface area contributed by atoms with Crippen LogP contribution in [-0.2, 0) is 0 Å². The standard InChI is InChI=1S/C23H25FN10O2/c1-14-21(22(25)35)15(2)33(30-14)20-10-19(27-13-28-20)31-5-7-32(8-6-31)23(36)34-18(3-4-29-34)16-9-17(24)12-26-11-16/h4,9-13,18H,3,5-8H2,1-2H3,(H2,25,35)/t18-/m0/s1. The quantitative estimate of drug-likeness (QED) is 0.583. The van der Waals surface area contributed by atoms with E-state index in [1.807, 2.05) is 0 Å². The molecule has 2 aliphatic rings. The van der Waals surface area contributed by atoms with Gasteiger partial charge in [0.15, 0.2) is 5.82 Å². The molecule has 3 aromatic rings. The highest BCUT2D eigenvalue weighted by Crippen LogP contribution is 2.29. The number of pyridine rings is 1. The van der Waals surface area contributed by atoms with Crippen LogP contribution in [0.5, 0.6) is 0 Å². The third kappa shape index (κ3) is 4.23. The topological polar surface area (TPSA) is 139 Å². The molecular weight excluding hydrogens is 467 g/mol. The van der Waals surface area contributed by atoms with Gasteiger partial charge in [-0.25, -0.2) is 28.8 Å². The Labute approximate surface area is 206 Å². The minimum Gasteiger partial charge on any atom is -0.365 e. The summed E-state index contributed by atoms with van der Waals surface area (Å²) in [6.07, 6.45) is 6.30. The van der Waals surface area contributed by atoms with Gasteiger partial charge >= 0.3 is 6.03 Å². The molecule has 1 atom stereocenters. The lowest BCUT2D eigenvalue weighted by Gasteiger charge is -2.37. The number of carbonyl (C=O) groups excluding carboxylic acids is 2. The molecule has 1 fully saturated rings. The van der Waals surface area contributed by atoms with Crippen LogP contribution in [-0.4, -0.2) is 79.0 Å². The van der Waals surface area contributed by atoms with Gasteiger partial charge in [-0.15, -0.1) is 0 Å². The number of nitrogens with two attached hydrogens (primary N) is 1. The van der Waals surface area contributed by atoms with Crippen LogP contribution in [0.3, 0.4) is 0 Å². The molecule has 2 N–H and O–H groups in total. The molecule has 3 amide bonds.